The van der Waals surface area contributed by atoms with Crippen molar-refractivity contribution in [1.29, 1.82) is 0 Å². The van der Waals surface area contributed by atoms with Crippen LogP contribution in [0.3, 0.4) is 0 Å². The molecule has 7 heteroatoms. The van der Waals surface area contributed by atoms with E-state index in [-0.39, 0.29) is 0 Å². The number of hydrogen-bond donors (Lipinski definition) is 0. The highest BCUT2D eigenvalue weighted by Crippen LogP contribution is 2.22. The van der Waals surface area contributed by atoms with Crippen LogP contribution in [-0.4, -0.2) is 9.91 Å². The first-order chi connectivity index (χ1) is 6.02. The molecule has 0 saturated heterocycles. The molecule has 0 N–H and O–H groups in total. The number of nitro groups is 1. The van der Waals surface area contributed by atoms with Crippen LogP contribution in [0, 0.1) is 15.9 Å². The maximum absolute atomic E-state index is 12.6. The predicted molar refractivity (Wildman–Crippen MR) is 35.8 cm³/mol. The van der Waals surface area contributed by atoms with Crippen molar-refractivity contribution in [1.82, 2.24) is 4.98 Å². The van der Waals surface area contributed by atoms with Crippen LogP contribution in [0.4, 0.5) is 18.9 Å². The molecular weight excluding hydrogens is 189 g/mol. The Morgan fingerprint density at radius 2 is 2.15 bits per heavy atom. The summed E-state index contributed by atoms with van der Waals surface area (Å²) in [5.74, 6) is -1.37. The topological polar surface area (TPSA) is 56.0 Å². The van der Waals surface area contributed by atoms with E-state index in [9.17, 15) is 23.3 Å². The van der Waals surface area contributed by atoms with Crippen molar-refractivity contribution in [2.75, 3.05) is 0 Å². The number of rotatable bonds is 2. The van der Waals surface area contributed by atoms with Gasteiger partial charge in [-0.1, -0.05) is 0 Å². The molecule has 0 fully saturated rings. The molecule has 0 aliphatic rings. The van der Waals surface area contributed by atoms with E-state index in [1.165, 1.54) is 0 Å². The van der Waals surface area contributed by atoms with E-state index in [2.05, 4.69) is 4.98 Å². The maximum atomic E-state index is 12.6. The van der Waals surface area contributed by atoms with Crippen molar-refractivity contribution in [2.45, 2.75) is 6.43 Å². The standard InChI is InChI=1S/C6H3F3N2O2/c7-4-1-3(11(12)13)2-10-5(4)6(8)9/h1-2,6H. The summed E-state index contributed by atoms with van der Waals surface area (Å²) in [6, 6.07) is 0.411. The van der Waals surface area contributed by atoms with Crippen molar-refractivity contribution < 1.29 is 18.1 Å². The van der Waals surface area contributed by atoms with E-state index in [0.717, 1.165) is 0 Å². The first-order valence-electron chi connectivity index (χ1n) is 3.10. The zero-order valence-corrected chi connectivity index (χ0v) is 6.08. The molecule has 4 nitrogen and oxygen atoms in total. The second-order valence-corrected chi connectivity index (χ2v) is 2.12. The van der Waals surface area contributed by atoms with Crippen molar-refractivity contribution in [3.63, 3.8) is 0 Å². The van der Waals surface area contributed by atoms with Crippen LogP contribution in [0.15, 0.2) is 12.3 Å². The van der Waals surface area contributed by atoms with Gasteiger partial charge >= 0.3 is 0 Å². The average Bonchev–Trinajstić information content (AvgIpc) is 2.03. The summed E-state index contributed by atoms with van der Waals surface area (Å²) in [6.45, 7) is 0. The molecule has 70 valence electrons. The van der Waals surface area contributed by atoms with Gasteiger partial charge in [-0.15, -0.1) is 0 Å². The number of pyridine rings is 1. The second-order valence-electron chi connectivity index (χ2n) is 2.12. The molecule has 0 aliphatic carbocycles. The number of hydrogen-bond acceptors (Lipinski definition) is 3. The van der Waals surface area contributed by atoms with Gasteiger partial charge in [-0.05, 0) is 0 Å². The normalized spacial score (nSPS) is 10.5. The lowest BCUT2D eigenvalue weighted by Crippen LogP contribution is -1.98. The fourth-order valence-corrected chi connectivity index (χ4v) is 0.699. The number of alkyl halides is 2. The van der Waals surface area contributed by atoms with Crippen LogP contribution < -0.4 is 0 Å². The van der Waals surface area contributed by atoms with E-state index >= 15 is 0 Å². The highest BCUT2D eigenvalue weighted by atomic mass is 19.3. The zero-order chi connectivity index (χ0) is 10.0. The second kappa shape index (κ2) is 3.38. The van der Waals surface area contributed by atoms with E-state index in [4.69, 9.17) is 0 Å². The van der Waals surface area contributed by atoms with Crippen molar-refractivity contribution in [2.24, 2.45) is 0 Å². The predicted octanol–water partition coefficient (Wildman–Crippen LogP) is 2.07. The fraction of sp³-hybridized carbons (Fsp3) is 0.167. The highest BCUT2D eigenvalue weighted by Gasteiger charge is 2.18. The third-order valence-electron chi connectivity index (χ3n) is 1.27. The van der Waals surface area contributed by atoms with Gasteiger partial charge in [0.2, 0.25) is 0 Å². The van der Waals surface area contributed by atoms with Crippen LogP contribution in [0.1, 0.15) is 12.1 Å². The molecule has 0 aromatic carbocycles. The third-order valence-corrected chi connectivity index (χ3v) is 1.27. The van der Waals surface area contributed by atoms with E-state index in [1.54, 1.807) is 0 Å². The molecule has 0 atom stereocenters. The molecule has 1 aromatic rings. The van der Waals surface area contributed by atoms with Crippen LogP contribution in [-0.2, 0) is 0 Å². The largest absolute Gasteiger partial charge is 0.290 e. The maximum Gasteiger partial charge on any atom is 0.290 e. The van der Waals surface area contributed by atoms with Gasteiger partial charge in [-0.2, -0.15) is 0 Å². The monoisotopic (exact) mass is 192 g/mol. The molecular formula is C6H3F3N2O2. The van der Waals surface area contributed by atoms with E-state index in [1.807, 2.05) is 0 Å². The van der Waals surface area contributed by atoms with Crippen molar-refractivity contribution in [3.8, 4) is 0 Å². The number of halogens is 3. The van der Waals surface area contributed by atoms with Gasteiger partial charge in [0.15, 0.2) is 5.82 Å². The molecule has 0 unspecified atom stereocenters. The Bertz CT molecular complexity index is 343. The summed E-state index contributed by atoms with van der Waals surface area (Å²) in [5.41, 5.74) is -1.73. The first-order valence-corrected chi connectivity index (χ1v) is 3.10. The van der Waals surface area contributed by atoms with Crippen LogP contribution >= 0.6 is 0 Å². The van der Waals surface area contributed by atoms with E-state index < -0.39 is 28.5 Å². The molecule has 1 rings (SSSR count). The molecule has 0 aliphatic heterocycles. The summed E-state index contributed by atoms with van der Waals surface area (Å²) < 4.78 is 36.4. The zero-order valence-electron chi connectivity index (χ0n) is 6.08. The Labute approximate surface area is 70.2 Å². The molecule has 0 radical (unpaired) electrons. The minimum absolute atomic E-state index is 0.411. The van der Waals surface area contributed by atoms with Crippen LogP contribution in [0.5, 0.6) is 0 Å². The molecule has 1 aromatic heterocycles. The lowest BCUT2D eigenvalue weighted by atomic mass is 10.3. The quantitative estimate of drug-likeness (QED) is 0.532. The van der Waals surface area contributed by atoms with Gasteiger partial charge in [0.05, 0.1) is 11.0 Å². The summed E-state index contributed by atoms with van der Waals surface area (Å²) in [7, 11) is 0. The van der Waals surface area contributed by atoms with Gasteiger partial charge in [-0.25, -0.2) is 18.2 Å². The van der Waals surface area contributed by atoms with Gasteiger partial charge in [-0.3, -0.25) is 10.1 Å². The summed E-state index contributed by atoms with van der Waals surface area (Å²) in [4.78, 5) is 12.1. The van der Waals surface area contributed by atoms with Gasteiger partial charge in [0.25, 0.3) is 12.1 Å². The Morgan fingerprint density at radius 1 is 1.54 bits per heavy atom. The first kappa shape index (κ1) is 9.43. The average molecular weight is 192 g/mol. The molecule has 0 amide bonds. The van der Waals surface area contributed by atoms with Crippen LogP contribution in [0.25, 0.3) is 0 Å². The molecule has 1 heterocycles. The smallest absolute Gasteiger partial charge is 0.258 e. The minimum Gasteiger partial charge on any atom is -0.258 e. The molecule has 0 spiro atoms. The Balaban J connectivity index is 3.13. The summed E-state index contributed by atoms with van der Waals surface area (Å²) >= 11 is 0. The van der Waals surface area contributed by atoms with E-state index in [0.29, 0.717) is 12.3 Å². The lowest BCUT2D eigenvalue weighted by Gasteiger charge is -1.98. The number of aromatic nitrogens is 1. The molecule has 0 saturated carbocycles. The molecule has 13 heavy (non-hydrogen) atoms. The van der Waals surface area contributed by atoms with Gasteiger partial charge in [0.1, 0.15) is 11.9 Å². The fourth-order valence-electron chi connectivity index (χ4n) is 0.699. The highest BCUT2D eigenvalue weighted by molar-refractivity contribution is 5.28. The number of nitrogens with zero attached hydrogens (tertiary/aromatic N) is 2. The van der Waals surface area contributed by atoms with Crippen molar-refractivity contribution in [3.05, 3.63) is 33.9 Å². The van der Waals surface area contributed by atoms with Gasteiger partial charge in [0, 0.05) is 0 Å². The van der Waals surface area contributed by atoms with Gasteiger partial charge < -0.3 is 0 Å². The SMILES string of the molecule is O=[N+]([O-])c1cnc(C(F)F)c(F)c1. The van der Waals surface area contributed by atoms with Crippen LogP contribution in [0.2, 0.25) is 0 Å². The van der Waals surface area contributed by atoms with Crippen molar-refractivity contribution >= 4 is 5.69 Å². The summed E-state index contributed by atoms with van der Waals surface area (Å²) in [5, 5.41) is 10.0. The Kier molecular flexibility index (Phi) is 2.45. The minimum atomic E-state index is -3.07. The third kappa shape index (κ3) is 1.92. The summed E-state index contributed by atoms with van der Waals surface area (Å²) in [6.07, 6.45) is -2.48. The Morgan fingerprint density at radius 3 is 2.54 bits per heavy atom. The Hall–Kier alpha value is -1.66. The molecule has 0 bridgehead atoms. The lowest BCUT2D eigenvalue weighted by molar-refractivity contribution is -0.385.